The lowest BCUT2D eigenvalue weighted by Gasteiger charge is -2.20. The van der Waals surface area contributed by atoms with Gasteiger partial charge in [-0.15, -0.1) is 0 Å². The molecule has 1 aromatic rings. The van der Waals surface area contributed by atoms with Gasteiger partial charge in [0, 0.05) is 18.3 Å². The minimum atomic E-state index is -0.0935. The minimum Gasteiger partial charge on any atom is -0.484 e. The number of nitrogens with zero attached hydrogens (tertiary/aromatic N) is 1. The van der Waals surface area contributed by atoms with Gasteiger partial charge in [-0.2, -0.15) is 0 Å². The van der Waals surface area contributed by atoms with Gasteiger partial charge in [-0.1, -0.05) is 0 Å². The van der Waals surface area contributed by atoms with Crippen molar-refractivity contribution in [1.29, 1.82) is 0 Å². The molecular formula is C16H27N3O2. The van der Waals surface area contributed by atoms with Crippen LogP contribution in [-0.2, 0) is 4.79 Å². The van der Waals surface area contributed by atoms with E-state index in [0.29, 0.717) is 24.0 Å². The van der Waals surface area contributed by atoms with E-state index in [0.717, 1.165) is 19.4 Å². The van der Waals surface area contributed by atoms with Gasteiger partial charge in [0.1, 0.15) is 5.75 Å². The molecule has 21 heavy (non-hydrogen) atoms. The molecule has 0 radical (unpaired) electrons. The maximum Gasteiger partial charge on any atom is 0.257 e. The number of rotatable bonds is 9. The molecule has 118 valence electrons. The van der Waals surface area contributed by atoms with E-state index in [1.165, 1.54) is 0 Å². The number of nitrogens with two attached hydrogens (primary N) is 1. The summed E-state index contributed by atoms with van der Waals surface area (Å²) in [5.41, 5.74) is 6.26. The van der Waals surface area contributed by atoms with Crippen LogP contribution in [0.25, 0.3) is 0 Å². The number of unbranched alkanes of at least 4 members (excludes halogenated alkanes) is 1. The minimum absolute atomic E-state index is 0.0375. The SMILES string of the molecule is CC(C)N(C)CCCCNC(=O)COc1ccc(N)cc1. The maximum absolute atomic E-state index is 11.6. The first-order valence-corrected chi connectivity index (χ1v) is 7.44. The molecule has 0 bridgehead atoms. The second-order valence-electron chi connectivity index (χ2n) is 5.49. The van der Waals surface area contributed by atoms with Crippen molar-refractivity contribution in [3.63, 3.8) is 0 Å². The van der Waals surface area contributed by atoms with Crippen LogP contribution in [0.4, 0.5) is 5.69 Å². The lowest BCUT2D eigenvalue weighted by molar-refractivity contribution is -0.123. The molecule has 1 rings (SSSR count). The summed E-state index contributed by atoms with van der Waals surface area (Å²) in [6.45, 7) is 6.13. The van der Waals surface area contributed by atoms with E-state index in [4.69, 9.17) is 10.5 Å². The molecule has 0 fully saturated rings. The molecule has 0 atom stereocenters. The predicted octanol–water partition coefficient (Wildman–Crippen LogP) is 1.88. The average Bonchev–Trinajstić information content (AvgIpc) is 2.46. The zero-order valence-corrected chi connectivity index (χ0v) is 13.3. The average molecular weight is 293 g/mol. The summed E-state index contributed by atoms with van der Waals surface area (Å²) in [5.74, 6) is 0.557. The van der Waals surface area contributed by atoms with Crippen molar-refractivity contribution in [2.45, 2.75) is 32.7 Å². The first-order valence-electron chi connectivity index (χ1n) is 7.44. The van der Waals surface area contributed by atoms with Crippen molar-refractivity contribution in [2.24, 2.45) is 0 Å². The zero-order valence-electron chi connectivity index (χ0n) is 13.3. The van der Waals surface area contributed by atoms with Crippen molar-refractivity contribution in [3.05, 3.63) is 24.3 Å². The van der Waals surface area contributed by atoms with E-state index >= 15 is 0 Å². The van der Waals surface area contributed by atoms with Gasteiger partial charge in [-0.25, -0.2) is 0 Å². The molecule has 5 nitrogen and oxygen atoms in total. The summed E-state index contributed by atoms with van der Waals surface area (Å²) in [5, 5.41) is 2.86. The van der Waals surface area contributed by atoms with E-state index in [1.54, 1.807) is 24.3 Å². The Bertz CT molecular complexity index is 418. The van der Waals surface area contributed by atoms with Gasteiger partial charge in [0.25, 0.3) is 5.91 Å². The fourth-order valence-electron chi connectivity index (χ4n) is 1.74. The number of carbonyl (C=O) groups is 1. The first-order chi connectivity index (χ1) is 9.99. The quantitative estimate of drug-likeness (QED) is 0.539. The highest BCUT2D eigenvalue weighted by Crippen LogP contribution is 2.12. The van der Waals surface area contributed by atoms with E-state index < -0.39 is 0 Å². The van der Waals surface area contributed by atoms with Gasteiger partial charge in [0.05, 0.1) is 0 Å². The standard InChI is InChI=1S/C16H27N3O2/c1-13(2)19(3)11-5-4-10-18-16(20)12-21-15-8-6-14(17)7-9-15/h6-9,13H,4-5,10-12,17H2,1-3H3,(H,18,20). The highest BCUT2D eigenvalue weighted by atomic mass is 16.5. The van der Waals surface area contributed by atoms with Gasteiger partial charge >= 0.3 is 0 Å². The molecule has 0 aliphatic heterocycles. The van der Waals surface area contributed by atoms with Crippen LogP contribution < -0.4 is 15.8 Å². The lowest BCUT2D eigenvalue weighted by atomic mass is 10.2. The monoisotopic (exact) mass is 293 g/mol. The Morgan fingerprint density at radius 2 is 1.95 bits per heavy atom. The molecule has 5 heteroatoms. The van der Waals surface area contributed by atoms with Crippen LogP contribution in [0.15, 0.2) is 24.3 Å². The highest BCUT2D eigenvalue weighted by molar-refractivity contribution is 5.77. The first kappa shape index (κ1) is 17.3. The van der Waals surface area contributed by atoms with Crippen LogP contribution in [0.3, 0.4) is 0 Å². The number of benzene rings is 1. The second kappa shape index (κ2) is 9.23. The number of hydrogen-bond acceptors (Lipinski definition) is 4. The normalized spacial score (nSPS) is 10.9. The molecule has 0 aromatic heterocycles. The van der Waals surface area contributed by atoms with Gasteiger partial charge in [-0.05, 0) is 64.5 Å². The van der Waals surface area contributed by atoms with E-state index in [-0.39, 0.29) is 12.5 Å². The van der Waals surface area contributed by atoms with E-state index in [2.05, 4.69) is 31.1 Å². The molecule has 0 aliphatic carbocycles. The number of nitrogen functional groups attached to an aromatic ring is 1. The maximum atomic E-state index is 11.6. The summed E-state index contributed by atoms with van der Waals surface area (Å²) in [7, 11) is 2.11. The molecular weight excluding hydrogens is 266 g/mol. The third-order valence-corrected chi connectivity index (χ3v) is 3.39. The molecule has 0 spiro atoms. The summed E-state index contributed by atoms with van der Waals surface area (Å²) in [6.07, 6.45) is 2.05. The summed E-state index contributed by atoms with van der Waals surface area (Å²) in [6, 6.07) is 7.57. The van der Waals surface area contributed by atoms with Gasteiger partial charge in [-0.3, -0.25) is 4.79 Å². The van der Waals surface area contributed by atoms with Gasteiger partial charge < -0.3 is 20.7 Å². The Hall–Kier alpha value is -1.75. The lowest BCUT2D eigenvalue weighted by Crippen LogP contribution is -2.31. The zero-order chi connectivity index (χ0) is 15.7. The number of carbonyl (C=O) groups excluding carboxylic acids is 1. The van der Waals surface area contributed by atoms with Crippen LogP contribution in [0.2, 0.25) is 0 Å². The number of ether oxygens (including phenoxy) is 1. The highest BCUT2D eigenvalue weighted by Gasteiger charge is 2.04. The Morgan fingerprint density at radius 3 is 2.57 bits per heavy atom. The fourth-order valence-corrected chi connectivity index (χ4v) is 1.74. The molecule has 1 aromatic carbocycles. The van der Waals surface area contributed by atoms with Crippen molar-refractivity contribution in [3.8, 4) is 5.75 Å². The third-order valence-electron chi connectivity index (χ3n) is 3.39. The van der Waals surface area contributed by atoms with Crippen LogP contribution in [0.1, 0.15) is 26.7 Å². The van der Waals surface area contributed by atoms with Crippen molar-refractivity contribution in [2.75, 3.05) is 32.5 Å². The van der Waals surface area contributed by atoms with Crippen molar-refractivity contribution >= 4 is 11.6 Å². The Morgan fingerprint density at radius 1 is 1.29 bits per heavy atom. The molecule has 0 heterocycles. The van der Waals surface area contributed by atoms with E-state index in [1.807, 2.05) is 0 Å². The Labute approximate surface area is 127 Å². The summed E-state index contributed by atoms with van der Waals surface area (Å²) < 4.78 is 5.37. The largest absolute Gasteiger partial charge is 0.484 e. The van der Waals surface area contributed by atoms with Crippen LogP contribution >= 0.6 is 0 Å². The number of amides is 1. The Balaban J connectivity index is 2.07. The van der Waals surface area contributed by atoms with Gasteiger partial charge in [0.2, 0.25) is 0 Å². The fraction of sp³-hybridized carbons (Fsp3) is 0.562. The smallest absolute Gasteiger partial charge is 0.257 e. The van der Waals surface area contributed by atoms with E-state index in [9.17, 15) is 4.79 Å². The second-order valence-corrected chi connectivity index (χ2v) is 5.49. The third kappa shape index (κ3) is 7.56. The molecule has 3 N–H and O–H groups in total. The number of nitrogens with one attached hydrogen (secondary N) is 1. The summed E-state index contributed by atoms with van der Waals surface area (Å²) >= 11 is 0. The van der Waals surface area contributed by atoms with Crippen LogP contribution in [0.5, 0.6) is 5.75 Å². The topological polar surface area (TPSA) is 67.6 Å². The van der Waals surface area contributed by atoms with Gasteiger partial charge in [0.15, 0.2) is 6.61 Å². The number of anilines is 1. The molecule has 1 amide bonds. The Kier molecular flexibility index (Phi) is 7.61. The van der Waals surface area contributed by atoms with Crippen molar-refractivity contribution in [1.82, 2.24) is 10.2 Å². The van der Waals surface area contributed by atoms with Crippen LogP contribution in [-0.4, -0.2) is 43.6 Å². The molecule has 0 aliphatic rings. The molecule has 0 unspecified atom stereocenters. The predicted molar refractivity (Wildman–Crippen MR) is 86.4 cm³/mol. The van der Waals surface area contributed by atoms with Crippen LogP contribution in [0, 0.1) is 0 Å². The number of hydrogen-bond donors (Lipinski definition) is 2. The summed E-state index contributed by atoms with van der Waals surface area (Å²) in [4.78, 5) is 13.9. The molecule has 0 saturated carbocycles. The van der Waals surface area contributed by atoms with Crippen molar-refractivity contribution < 1.29 is 9.53 Å². The molecule has 0 saturated heterocycles.